The van der Waals surface area contributed by atoms with E-state index in [0.717, 1.165) is 11.1 Å². The number of fused-ring (bicyclic) bond motifs is 1. The molecule has 5 nitrogen and oxygen atoms in total. The summed E-state index contributed by atoms with van der Waals surface area (Å²) in [5, 5.41) is 9.54. The van der Waals surface area contributed by atoms with Crippen LogP contribution < -0.4 is 0 Å². The van der Waals surface area contributed by atoms with Crippen molar-refractivity contribution in [1.29, 1.82) is 0 Å². The Hall–Kier alpha value is -2.82. The number of carbonyl (C=O) groups excluding carboxylic acids is 1. The Kier molecular flexibility index (Phi) is 4.28. The van der Waals surface area contributed by atoms with Crippen LogP contribution in [0.25, 0.3) is 0 Å². The predicted molar refractivity (Wildman–Crippen MR) is 83.9 cm³/mol. The number of nitrogens with zero attached hydrogens (tertiary/aromatic N) is 1. The number of amides is 1. The molecule has 0 saturated carbocycles. The van der Waals surface area contributed by atoms with Crippen LogP contribution in [0.15, 0.2) is 54.6 Å². The number of rotatable bonds is 3. The topological polar surface area (TPSA) is 66.8 Å². The molecule has 2 aromatic rings. The summed E-state index contributed by atoms with van der Waals surface area (Å²) in [5.41, 5.74) is 2.49. The van der Waals surface area contributed by atoms with Gasteiger partial charge in [-0.25, -0.2) is 9.59 Å². The van der Waals surface area contributed by atoms with Gasteiger partial charge >= 0.3 is 12.1 Å². The van der Waals surface area contributed by atoms with E-state index in [9.17, 15) is 14.7 Å². The summed E-state index contributed by atoms with van der Waals surface area (Å²) in [5.74, 6) is -1.05. The number of benzene rings is 2. The van der Waals surface area contributed by atoms with Gasteiger partial charge in [-0.05, 0) is 23.1 Å². The summed E-state index contributed by atoms with van der Waals surface area (Å²) in [7, 11) is 0. The van der Waals surface area contributed by atoms with Gasteiger partial charge in [0, 0.05) is 6.54 Å². The lowest BCUT2D eigenvalue weighted by Gasteiger charge is -2.33. The van der Waals surface area contributed by atoms with Gasteiger partial charge in [0.25, 0.3) is 0 Å². The maximum absolute atomic E-state index is 12.3. The first-order chi connectivity index (χ1) is 11.2. The van der Waals surface area contributed by atoms with Crippen molar-refractivity contribution in [2.75, 3.05) is 6.54 Å². The maximum Gasteiger partial charge on any atom is 0.411 e. The highest BCUT2D eigenvalue weighted by molar-refractivity contribution is 5.82. The summed E-state index contributed by atoms with van der Waals surface area (Å²) in [6, 6.07) is 15.6. The van der Waals surface area contributed by atoms with Crippen molar-refractivity contribution < 1.29 is 19.4 Å². The van der Waals surface area contributed by atoms with Crippen molar-refractivity contribution in [3.05, 3.63) is 71.3 Å². The lowest BCUT2D eigenvalue weighted by Crippen LogP contribution is -2.43. The molecule has 1 aliphatic rings. The second-order valence-corrected chi connectivity index (χ2v) is 5.42. The molecule has 0 aromatic heterocycles. The highest BCUT2D eigenvalue weighted by Crippen LogP contribution is 2.30. The van der Waals surface area contributed by atoms with Crippen molar-refractivity contribution in [3.8, 4) is 0 Å². The monoisotopic (exact) mass is 311 g/mol. The van der Waals surface area contributed by atoms with Crippen molar-refractivity contribution in [2.24, 2.45) is 0 Å². The van der Waals surface area contributed by atoms with Gasteiger partial charge in [0.2, 0.25) is 0 Å². The molecule has 3 rings (SSSR count). The van der Waals surface area contributed by atoms with Crippen LogP contribution >= 0.6 is 0 Å². The minimum atomic E-state index is -1.05. The van der Waals surface area contributed by atoms with E-state index in [1.54, 1.807) is 12.1 Å². The van der Waals surface area contributed by atoms with E-state index in [2.05, 4.69) is 0 Å². The van der Waals surface area contributed by atoms with E-state index >= 15 is 0 Å². The molecule has 1 amide bonds. The molecule has 0 unspecified atom stereocenters. The number of hydrogen-bond acceptors (Lipinski definition) is 3. The smallest absolute Gasteiger partial charge is 0.411 e. The summed E-state index contributed by atoms with van der Waals surface area (Å²) >= 11 is 0. The standard InChI is InChI=1S/C18H17NO4/c20-17(21)16-15-9-5-4-8-14(15)10-11-19(16)18(22)23-12-13-6-2-1-3-7-13/h1-9,16H,10-12H2,(H,20,21)/t16-/m1/s1. The molecule has 0 saturated heterocycles. The largest absolute Gasteiger partial charge is 0.479 e. The molecule has 0 radical (unpaired) electrons. The summed E-state index contributed by atoms with van der Waals surface area (Å²) in [6.07, 6.45) is 0.0242. The average Bonchev–Trinajstić information content (AvgIpc) is 2.59. The lowest BCUT2D eigenvalue weighted by atomic mass is 9.93. The molecule has 1 heterocycles. The summed E-state index contributed by atoms with van der Waals surface area (Å²) in [4.78, 5) is 25.3. The second-order valence-electron chi connectivity index (χ2n) is 5.42. The third kappa shape index (κ3) is 3.18. The molecule has 0 bridgehead atoms. The van der Waals surface area contributed by atoms with Gasteiger partial charge < -0.3 is 9.84 Å². The van der Waals surface area contributed by atoms with Gasteiger partial charge in [-0.15, -0.1) is 0 Å². The molecule has 0 fully saturated rings. The van der Waals surface area contributed by atoms with Gasteiger partial charge in [0.1, 0.15) is 6.61 Å². The third-order valence-electron chi connectivity index (χ3n) is 3.96. The Bertz CT molecular complexity index is 714. The van der Waals surface area contributed by atoms with Gasteiger partial charge in [-0.3, -0.25) is 4.90 Å². The molecule has 0 aliphatic carbocycles. The fourth-order valence-corrected chi connectivity index (χ4v) is 2.83. The zero-order valence-electron chi connectivity index (χ0n) is 12.5. The lowest BCUT2D eigenvalue weighted by molar-refractivity contribution is -0.143. The van der Waals surface area contributed by atoms with Gasteiger partial charge in [0.05, 0.1) is 0 Å². The molecule has 5 heteroatoms. The van der Waals surface area contributed by atoms with E-state index in [1.165, 1.54) is 4.90 Å². The van der Waals surface area contributed by atoms with Crippen LogP contribution in [0.5, 0.6) is 0 Å². The minimum absolute atomic E-state index is 0.129. The average molecular weight is 311 g/mol. The second kappa shape index (κ2) is 6.52. The van der Waals surface area contributed by atoms with Gasteiger partial charge in [0.15, 0.2) is 6.04 Å². The third-order valence-corrected chi connectivity index (χ3v) is 3.96. The fourth-order valence-electron chi connectivity index (χ4n) is 2.83. The molecule has 118 valence electrons. The van der Waals surface area contributed by atoms with Crippen molar-refractivity contribution >= 4 is 12.1 Å². The van der Waals surface area contributed by atoms with Crippen LogP contribution in [0.1, 0.15) is 22.7 Å². The zero-order valence-corrected chi connectivity index (χ0v) is 12.5. The van der Waals surface area contributed by atoms with Crippen LogP contribution in [0, 0.1) is 0 Å². The van der Waals surface area contributed by atoms with E-state index in [4.69, 9.17) is 4.74 Å². The van der Waals surface area contributed by atoms with Gasteiger partial charge in [-0.2, -0.15) is 0 Å². The molecule has 23 heavy (non-hydrogen) atoms. The van der Waals surface area contributed by atoms with Crippen LogP contribution in [-0.4, -0.2) is 28.6 Å². The minimum Gasteiger partial charge on any atom is -0.479 e. The van der Waals surface area contributed by atoms with Crippen molar-refractivity contribution in [3.63, 3.8) is 0 Å². The molecule has 0 spiro atoms. The van der Waals surface area contributed by atoms with E-state index < -0.39 is 18.1 Å². The number of carboxylic acids is 1. The summed E-state index contributed by atoms with van der Waals surface area (Å²) in [6.45, 7) is 0.464. The van der Waals surface area contributed by atoms with E-state index in [1.807, 2.05) is 42.5 Å². The van der Waals surface area contributed by atoms with Crippen molar-refractivity contribution in [2.45, 2.75) is 19.1 Å². The highest BCUT2D eigenvalue weighted by Gasteiger charge is 2.36. The molecule has 2 aromatic carbocycles. The van der Waals surface area contributed by atoms with Gasteiger partial charge in [-0.1, -0.05) is 54.6 Å². The number of ether oxygens (including phenoxy) is 1. The first-order valence-corrected chi connectivity index (χ1v) is 7.45. The predicted octanol–water partition coefficient (Wildman–Crippen LogP) is 3.01. The Balaban J connectivity index is 1.76. The van der Waals surface area contributed by atoms with E-state index in [0.29, 0.717) is 18.5 Å². The first-order valence-electron chi connectivity index (χ1n) is 7.45. The number of hydrogen-bond donors (Lipinski definition) is 1. The molecular formula is C18H17NO4. The Labute approximate surface area is 134 Å². The molecule has 1 aliphatic heterocycles. The highest BCUT2D eigenvalue weighted by atomic mass is 16.6. The Morgan fingerprint density at radius 1 is 1.09 bits per heavy atom. The maximum atomic E-state index is 12.3. The Morgan fingerprint density at radius 2 is 1.78 bits per heavy atom. The van der Waals surface area contributed by atoms with Crippen LogP contribution in [-0.2, 0) is 22.6 Å². The van der Waals surface area contributed by atoms with Crippen LogP contribution in [0.2, 0.25) is 0 Å². The summed E-state index contributed by atoms with van der Waals surface area (Å²) < 4.78 is 5.29. The SMILES string of the molecule is O=C(O)[C@H]1c2ccccc2CCN1C(=O)OCc1ccccc1. The molecule has 1 atom stereocenters. The number of aliphatic carboxylic acids is 1. The zero-order chi connectivity index (χ0) is 16.2. The molecular weight excluding hydrogens is 294 g/mol. The fraction of sp³-hybridized carbons (Fsp3) is 0.222. The number of carboxylic acid groups (broad SMARTS) is 1. The van der Waals surface area contributed by atoms with Crippen LogP contribution in [0.4, 0.5) is 4.79 Å². The van der Waals surface area contributed by atoms with E-state index in [-0.39, 0.29) is 6.61 Å². The quantitative estimate of drug-likeness (QED) is 0.946. The first kappa shape index (κ1) is 15.1. The Morgan fingerprint density at radius 3 is 2.52 bits per heavy atom. The normalized spacial score (nSPS) is 16.5. The van der Waals surface area contributed by atoms with Crippen LogP contribution in [0.3, 0.4) is 0 Å². The number of carbonyl (C=O) groups is 2. The molecule has 1 N–H and O–H groups in total. The van der Waals surface area contributed by atoms with Crippen molar-refractivity contribution in [1.82, 2.24) is 4.90 Å².